The van der Waals surface area contributed by atoms with Crippen molar-refractivity contribution >= 4 is 71.2 Å². The summed E-state index contributed by atoms with van der Waals surface area (Å²) in [4.78, 5) is 47.2. The Balaban J connectivity index is 0.00000103. The van der Waals surface area contributed by atoms with Crippen LogP contribution in [0.4, 0.5) is 20.4 Å². The van der Waals surface area contributed by atoms with Gasteiger partial charge in [-0.25, -0.2) is 8.78 Å². The van der Waals surface area contributed by atoms with E-state index in [1.807, 2.05) is 49.7 Å². The molecule has 17 nitrogen and oxygen atoms in total. The third-order valence-electron chi connectivity index (χ3n) is 17.4. The number of nitrogens with zero attached hydrogens (tertiary/aromatic N) is 8. The van der Waals surface area contributed by atoms with Gasteiger partial charge in [-0.3, -0.25) is 24.2 Å². The van der Waals surface area contributed by atoms with Crippen LogP contribution in [0.25, 0.3) is 34.2 Å². The third kappa shape index (κ3) is 14.9. The maximum atomic E-state index is 15.2. The van der Waals surface area contributed by atoms with Crippen LogP contribution in [0.3, 0.4) is 0 Å². The molecule has 5 aliphatic rings. The Kier molecular flexibility index (Phi) is 23.0. The summed E-state index contributed by atoms with van der Waals surface area (Å²) in [5.41, 5.74) is 9.16. The molecular weight excluding hydrogens is 1050 g/mol. The molecule has 10 rings (SSSR count). The number of carbonyl (C=O) groups excluding carboxylic acids is 3. The molecule has 2 aromatic heterocycles. The number of hydrogen-bond acceptors (Lipinski definition) is 14. The molecule has 19 heteroatoms. The molecule has 6 N–H and O–H groups in total. The fourth-order valence-corrected chi connectivity index (χ4v) is 13.4. The first-order chi connectivity index (χ1) is 40.3. The van der Waals surface area contributed by atoms with Crippen LogP contribution in [0.5, 0.6) is 6.01 Å². The van der Waals surface area contributed by atoms with Crippen molar-refractivity contribution in [2.45, 2.75) is 114 Å². The van der Waals surface area contributed by atoms with Crippen LogP contribution in [-0.4, -0.2) is 145 Å². The molecule has 2 bridgehead atoms. The number of aliphatic hydroxyl groups is 1. The molecule has 5 aromatic rings. The standard InChI is InChI=1S/C60H74F2N10O2.C2H5NO.CH3NO.CH2O/c1-7-9-28-69(5)58-51-21-17-45(30-55(51)70(6)68-58)42-15-13-41(14-16-42)43(25-29-73)24-27-63-33-48-23-26-60(31-39(3)35-72(48)60)38-74-59-66-54(32-61)52(57(67-59)71-36-46-19-20-47(37-71)65-46)34-64-40(4)50-12-10-11-44-18-22-53(62)49(8-2)56(44)50;1-3-2-4;2-1-3;1-2/h2,7,10-12,17-18,21-22,30,32,34,41-43,46-48,63,65,73H,1,3,9,13-16,19-20,23-29,31,33,35-38H2,4-6H3;2H,1H3,(H,3,4);1H,(H2,2,3);1H2/b52-34+,54-32-,64-40?;;;. The van der Waals surface area contributed by atoms with Crippen molar-refractivity contribution in [3.05, 3.63) is 106 Å². The number of aliphatic imine (C=N–C) groups is 1. The summed E-state index contributed by atoms with van der Waals surface area (Å²) in [6.07, 6.45) is 23.2. The molecule has 83 heavy (non-hydrogen) atoms. The number of ether oxygens (including phenoxy) is 1. The van der Waals surface area contributed by atoms with Gasteiger partial charge in [0.15, 0.2) is 5.82 Å². The summed E-state index contributed by atoms with van der Waals surface area (Å²) in [7, 11) is 5.71. The van der Waals surface area contributed by atoms with Gasteiger partial charge in [-0.1, -0.05) is 54.5 Å². The highest BCUT2D eigenvalue weighted by Gasteiger charge is 2.51. The fraction of sp³-hybridized carbons (Fsp3) is 0.484. The van der Waals surface area contributed by atoms with Gasteiger partial charge in [-0.05, 0) is 137 Å². The van der Waals surface area contributed by atoms with Gasteiger partial charge in [-0.2, -0.15) is 15.1 Å². The second-order valence-electron chi connectivity index (χ2n) is 22.5. The lowest BCUT2D eigenvalue weighted by Crippen LogP contribution is -2.53. The summed E-state index contributed by atoms with van der Waals surface area (Å²) >= 11 is 0. The van der Waals surface area contributed by atoms with Crippen LogP contribution in [-0.2, 0) is 21.4 Å². The van der Waals surface area contributed by atoms with Crippen LogP contribution in [0.1, 0.15) is 107 Å². The van der Waals surface area contributed by atoms with E-state index in [0.717, 1.165) is 88.7 Å². The molecule has 4 aliphatic heterocycles. The fourth-order valence-electron chi connectivity index (χ4n) is 13.4. The zero-order valence-corrected chi connectivity index (χ0v) is 48.8. The molecule has 6 heterocycles. The number of fused-ring (bicyclic) bond motifs is 5. The SMILES string of the molecule is C#Cc1c(F)ccc2cccc(C(C)=N/C=c3/c(N4CC5CCC(C4)N5)nc(OCC45CCC(CNCCC(CCO)C6CCC(c7ccc8c(N(C)CCC=C)nn(C)c8c7)CC6)N4CC(=C)C5)n/c3=C\F)c12.C=O.CNC=O.NC=O. The normalized spacial score (nSPS) is 22.8. The molecule has 5 atom stereocenters. The molecule has 4 saturated heterocycles. The summed E-state index contributed by atoms with van der Waals surface area (Å²) in [5, 5.41) is 28.0. The number of amides is 2. The Labute approximate surface area is 487 Å². The number of hydrogen-bond donors (Lipinski definition) is 5. The number of terminal acetylenes is 1. The van der Waals surface area contributed by atoms with E-state index in [0.29, 0.717) is 96.0 Å². The highest BCUT2D eigenvalue weighted by atomic mass is 19.1. The number of carbonyl (C=O) groups is 3. The molecule has 3 aromatic carbocycles. The lowest BCUT2D eigenvalue weighted by molar-refractivity contribution is -0.109. The van der Waals surface area contributed by atoms with Crippen molar-refractivity contribution in [2.75, 3.05) is 76.4 Å². The van der Waals surface area contributed by atoms with Crippen molar-refractivity contribution < 1.29 is 33.0 Å². The van der Waals surface area contributed by atoms with E-state index >= 15 is 4.39 Å². The Bertz CT molecular complexity index is 3240. The van der Waals surface area contributed by atoms with E-state index in [9.17, 15) is 9.50 Å². The maximum Gasteiger partial charge on any atom is 0.319 e. The number of benzene rings is 3. The molecule has 444 valence electrons. The highest BCUT2D eigenvalue weighted by Crippen LogP contribution is 2.45. The predicted molar refractivity (Wildman–Crippen MR) is 328 cm³/mol. The van der Waals surface area contributed by atoms with E-state index in [-0.39, 0.29) is 35.5 Å². The van der Waals surface area contributed by atoms with E-state index in [1.165, 1.54) is 53.8 Å². The summed E-state index contributed by atoms with van der Waals surface area (Å²) < 4.78 is 38.7. The maximum absolute atomic E-state index is 15.2. The molecule has 0 spiro atoms. The average molecular weight is 1140 g/mol. The number of aromatic nitrogens is 4. The molecule has 1 saturated carbocycles. The predicted octanol–water partition coefficient (Wildman–Crippen LogP) is 6.32. The summed E-state index contributed by atoms with van der Waals surface area (Å²) in [6.45, 7) is 17.7. The van der Waals surface area contributed by atoms with Gasteiger partial charge < -0.3 is 46.1 Å². The second kappa shape index (κ2) is 30.3. The highest BCUT2D eigenvalue weighted by molar-refractivity contribution is 6.12. The lowest BCUT2D eigenvalue weighted by atomic mass is 9.72. The number of anilines is 2. The van der Waals surface area contributed by atoms with Gasteiger partial charge in [0.2, 0.25) is 12.8 Å². The first-order valence-electron chi connectivity index (χ1n) is 29.0. The first-order valence-corrected chi connectivity index (χ1v) is 29.0. The lowest BCUT2D eigenvalue weighted by Gasteiger charge is -2.35. The molecule has 5 unspecified atom stereocenters. The van der Waals surface area contributed by atoms with Gasteiger partial charge in [0.1, 0.15) is 36.7 Å². The van der Waals surface area contributed by atoms with Gasteiger partial charge in [0.25, 0.3) is 0 Å². The van der Waals surface area contributed by atoms with Gasteiger partial charge in [-0.15, -0.1) is 13.0 Å². The monoisotopic (exact) mass is 1140 g/mol. The second-order valence-corrected chi connectivity index (χ2v) is 22.5. The first kappa shape index (κ1) is 63.2. The van der Waals surface area contributed by atoms with Gasteiger partial charge >= 0.3 is 6.01 Å². The molecule has 1 aliphatic carbocycles. The molecular formula is C64H84F2N12O5. The van der Waals surface area contributed by atoms with Crippen molar-refractivity contribution in [1.82, 2.24) is 40.6 Å². The van der Waals surface area contributed by atoms with Crippen LogP contribution in [0, 0.1) is 30.0 Å². The topological polar surface area (TPSA) is 208 Å². The van der Waals surface area contributed by atoms with Crippen molar-refractivity contribution in [2.24, 2.45) is 29.6 Å². The van der Waals surface area contributed by atoms with E-state index in [2.05, 4.69) is 85.7 Å². The Hall–Kier alpha value is -7.37. The van der Waals surface area contributed by atoms with Crippen molar-refractivity contribution in [1.29, 1.82) is 0 Å². The minimum Gasteiger partial charge on any atom is -0.461 e. The van der Waals surface area contributed by atoms with Crippen molar-refractivity contribution in [3.8, 4) is 18.4 Å². The van der Waals surface area contributed by atoms with E-state index in [1.54, 1.807) is 19.3 Å². The number of piperazine rings is 1. The van der Waals surface area contributed by atoms with Gasteiger partial charge in [0.05, 0.1) is 21.8 Å². The van der Waals surface area contributed by atoms with Crippen LogP contribution < -0.4 is 46.8 Å². The minimum atomic E-state index is -0.467. The number of nitrogens with two attached hydrogens (primary N) is 1. The summed E-state index contributed by atoms with van der Waals surface area (Å²) in [5.74, 6) is 5.29. The van der Waals surface area contributed by atoms with E-state index < -0.39 is 5.82 Å². The van der Waals surface area contributed by atoms with Crippen LogP contribution >= 0.6 is 0 Å². The van der Waals surface area contributed by atoms with Gasteiger partial charge in [0, 0.05) is 107 Å². The third-order valence-corrected chi connectivity index (χ3v) is 17.4. The Morgan fingerprint density at radius 3 is 2.49 bits per heavy atom. The number of rotatable bonds is 20. The number of aryl methyl sites for hydroxylation is 1. The Morgan fingerprint density at radius 1 is 1.08 bits per heavy atom. The van der Waals surface area contributed by atoms with Crippen LogP contribution in [0.15, 0.2) is 78.3 Å². The zero-order valence-electron chi connectivity index (χ0n) is 48.8. The Morgan fingerprint density at radius 2 is 1.82 bits per heavy atom. The molecule has 2 amide bonds. The number of nitrogens with one attached hydrogen (secondary N) is 3. The largest absolute Gasteiger partial charge is 0.461 e. The minimum absolute atomic E-state index is 0.0899. The number of halogens is 2. The number of aliphatic hydroxyl groups excluding tert-OH is 1. The quantitative estimate of drug-likeness (QED) is 0.0191. The van der Waals surface area contributed by atoms with Crippen LogP contribution in [0.2, 0.25) is 0 Å². The summed E-state index contributed by atoms with van der Waals surface area (Å²) in [6, 6.07) is 16.8. The van der Waals surface area contributed by atoms with E-state index in [4.69, 9.17) is 40.6 Å². The smallest absolute Gasteiger partial charge is 0.319 e. The average Bonchev–Trinajstić information content (AvgIpc) is 3.50. The zero-order chi connectivity index (χ0) is 59.6. The number of primary amides is 1. The molecule has 5 fully saturated rings. The molecule has 0 radical (unpaired) electrons. The van der Waals surface area contributed by atoms with Crippen molar-refractivity contribution in [3.63, 3.8) is 0 Å².